The average Bonchev–Trinajstić information content (AvgIpc) is 1.97. The zero-order valence-corrected chi connectivity index (χ0v) is 7.97. The van der Waals surface area contributed by atoms with E-state index in [1.54, 1.807) is 0 Å². The van der Waals surface area contributed by atoms with E-state index in [-0.39, 0.29) is 0 Å². The van der Waals surface area contributed by atoms with Gasteiger partial charge in [0.1, 0.15) is 0 Å². The van der Waals surface area contributed by atoms with Crippen molar-refractivity contribution in [2.24, 2.45) is 0 Å². The molecule has 0 aromatic heterocycles. The minimum absolute atomic E-state index is 1.08. The highest BCUT2D eigenvalue weighted by Gasteiger charge is 1.87. The van der Waals surface area contributed by atoms with Crippen LogP contribution >= 0.6 is 11.9 Å². The minimum Gasteiger partial charge on any atom is -0.264 e. The molecule has 0 aliphatic carbocycles. The van der Waals surface area contributed by atoms with Crippen LogP contribution in [0, 0.1) is 0 Å². The lowest BCUT2D eigenvalue weighted by Crippen LogP contribution is -2.01. The molecular weight excluding hydrogens is 142 g/mol. The smallest absolute Gasteiger partial charge is 0.00786 e. The molecule has 0 bridgehead atoms. The highest BCUT2D eigenvalue weighted by Crippen LogP contribution is 2.03. The second kappa shape index (κ2) is 9.31. The van der Waals surface area contributed by atoms with Gasteiger partial charge in [-0.05, 0) is 6.42 Å². The molecular formula is C8H19NS. The predicted octanol–water partition coefficient (Wildman–Crippen LogP) is 2.82. The number of hydrogen-bond donors (Lipinski definition) is 1. The van der Waals surface area contributed by atoms with Gasteiger partial charge in [-0.25, -0.2) is 0 Å². The number of hydrogen-bond acceptors (Lipinski definition) is 2. The molecule has 0 unspecified atom stereocenters. The van der Waals surface area contributed by atoms with E-state index in [0.717, 1.165) is 6.54 Å². The third-order valence-electron chi connectivity index (χ3n) is 1.35. The van der Waals surface area contributed by atoms with Crippen LogP contribution in [-0.4, -0.2) is 12.3 Å². The Balaban J connectivity index is 2.65. The molecule has 0 radical (unpaired) electrons. The fourth-order valence-corrected chi connectivity index (χ4v) is 1.47. The van der Waals surface area contributed by atoms with Gasteiger partial charge in [-0.3, -0.25) is 4.72 Å². The topological polar surface area (TPSA) is 12.0 Å². The van der Waals surface area contributed by atoms with Gasteiger partial charge < -0.3 is 0 Å². The van der Waals surface area contributed by atoms with Gasteiger partial charge in [-0.2, -0.15) is 0 Å². The van der Waals surface area contributed by atoms with Crippen LogP contribution in [0.4, 0.5) is 0 Å². The van der Waals surface area contributed by atoms with Gasteiger partial charge in [-0.1, -0.05) is 45.1 Å². The molecule has 0 spiro atoms. The molecule has 0 rings (SSSR count). The van der Waals surface area contributed by atoms with Crippen LogP contribution in [-0.2, 0) is 0 Å². The second-order valence-corrected chi connectivity index (χ2v) is 3.39. The Hall–Kier alpha value is 0.310. The van der Waals surface area contributed by atoms with Gasteiger partial charge in [0.05, 0.1) is 0 Å². The molecule has 0 aromatic rings. The molecule has 10 heavy (non-hydrogen) atoms. The molecule has 0 saturated heterocycles. The molecule has 0 fully saturated rings. The summed E-state index contributed by atoms with van der Waals surface area (Å²) in [6, 6.07) is 0. The van der Waals surface area contributed by atoms with Crippen LogP contribution in [0.3, 0.4) is 0 Å². The van der Waals surface area contributed by atoms with Gasteiger partial charge in [0.2, 0.25) is 0 Å². The summed E-state index contributed by atoms with van der Waals surface area (Å²) in [5, 5.41) is 0. The van der Waals surface area contributed by atoms with Crippen molar-refractivity contribution >= 4 is 11.9 Å². The van der Waals surface area contributed by atoms with Crippen molar-refractivity contribution in [3.8, 4) is 0 Å². The third kappa shape index (κ3) is 8.31. The molecule has 2 heteroatoms. The normalized spacial score (nSPS) is 10.2. The summed E-state index contributed by atoms with van der Waals surface area (Å²) >= 11 is 1.85. The van der Waals surface area contributed by atoms with Crippen molar-refractivity contribution in [1.82, 2.24) is 4.72 Å². The van der Waals surface area contributed by atoms with Crippen molar-refractivity contribution < 1.29 is 0 Å². The first-order chi connectivity index (χ1) is 4.91. The van der Waals surface area contributed by atoms with E-state index >= 15 is 0 Å². The Bertz CT molecular complexity index is 49.2. The summed E-state index contributed by atoms with van der Waals surface area (Å²) in [5.74, 6) is 1.27. The van der Waals surface area contributed by atoms with Gasteiger partial charge in [0, 0.05) is 12.3 Å². The van der Waals surface area contributed by atoms with E-state index in [1.165, 1.54) is 31.4 Å². The summed E-state index contributed by atoms with van der Waals surface area (Å²) in [7, 11) is 0. The fourth-order valence-electron chi connectivity index (χ4n) is 0.775. The zero-order chi connectivity index (χ0) is 7.66. The van der Waals surface area contributed by atoms with E-state index in [9.17, 15) is 0 Å². The predicted molar refractivity (Wildman–Crippen MR) is 50.3 cm³/mol. The van der Waals surface area contributed by atoms with Crippen molar-refractivity contribution in [2.75, 3.05) is 12.3 Å². The van der Waals surface area contributed by atoms with Crippen LogP contribution in [0.25, 0.3) is 0 Å². The van der Waals surface area contributed by atoms with E-state index in [2.05, 4.69) is 18.6 Å². The Morgan fingerprint density at radius 2 is 1.90 bits per heavy atom. The molecule has 0 aliphatic heterocycles. The summed E-state index contributed by atoms with van der Waals surface area (Å²) < 4.78 is 3.24. The molecule has 1 N–H and O–H groups in total. The SMILES string of the molecule is CCCCCCSNCC. The maximum Gasteiger partial charge on any atom is 0.00786 e. The number of nitrogens with one attached hydrogen (secondary N) is 1. The van der Waals surface area contributed by atoms with Gasteiger partial charge in [0.15, 0.2) is 0 Å². The lowest BCUT2D eigenvalue weighted by molar-refractivity contribution is 0.706. The van der Waals surface area contributed by atoms with Crippen LogP contribution in [0.2, 0.25) is 0 Å². The minimum atomic E-state index is 1.08. The van der Waals surface area contributed by atoms with Crippen LogP contribution in [0.1, 0.15) is 39.5 Å². The fraction of sp³-hybridized carbons (Fsp3) is 1.00. The second-order valence-electron chi connectivity index (χ2n) is 2.41. The Morgan fingerprint density at radius 3 is 2.50 bits per heavy atom. The first-order valence-corrected chi connectivity index (χ1v) is 5.25. The molecule has 0 heterocycles. The molecule has 62 valence electrons. The van der Waals surface area contributed by atoms with E-state index in [0.29, 0.717) is 0 Å². The summed E-state index contributed by atoms with van der Waals surface area (Å²) in [4.78, 5) is 0. The zero-order valence-electron chi connectivity index (χ0n) is 7.15. The van der Waals surface area contributed by atoms with Gasteiger partial charge in [0.25, 0.3) is 0 Å². The molecule has 0 saturated carbocycles. The molecule has 1 nitrogen and oxygen atoms in total. The first-order valence-electron chi connectivity index (χ1n) is 4.26. The monoisotopic (exact) mass is 161 g/mol. The van der Waals surface area contributed by atoms with Crippen molar-refractivity contribution in [3.05, 3.63) is 0 Å². The highest BCUT2D eigenvalue weighted by molar-refractivity contribution is 7.97. The van der Waals surface area contributed by atoms with Crippen LogP contribution in [0.15, 0.2) is 0 Å². The maximum atomic E-state index is 3.24. The Morgan fingerprint density at radius 1 is 1.10 bits per heavy atom. The largest absolute Gasteiger partial charge is 0.264 e. The summed E-state index contributed by atoms with van der Waals surface area (Å²) in [6.45, 7) is 5.47. The molecule has 0 aromatic carbocycles. The quantitative estimate of drug-likeness (QED) is 0.455. The Kier molecular flexibility index (Phi) is 9.60. The van der Waals surface area contributed by atoms with Gasteiger partial charge >= 0.3 is 0 Å². The Labute approximate surface area is 69.1 Å². The lowest BCUT2D eigenvalue weighted by atomic mass is 10.2. The van der Waals surface area contributed by atoms with Crippen LogP contribution < -0.4 is 4.72 Å². The standard InChI is InChI=1S/C8H19NS/c1-3-5-6-7-8-10-9-4-2/h9H,3-8H2,1-2H3. The average molecular weight is 161 g/mol. The molecule has 0 amide bonds. The first kappa shape index (κ1) is 10.3. The highest BCUT2D eigenvalue weighted by atomic mass is 32.2. The van der Waals surface area contributed by atoms with E-state index < -0.39 is 0 Å². The van der Waals surface area contributed by atoms with Crippen molar-refractivity contribution in [1.29, 1.82) is 0 Å². The van der Waals surface area contributed by atoms with Crippen LogP contribution in [0.5, 0.6) is 0 Å². The third-order valence-corrected chi connectivity index (χ3v) is 2.33. The number of rotatable bonds is 7. The summed E-state index contributed by atoms with van der Waals surface area (Å²) in [6.07, 6.45) is 5.50. The lowest BCUT2D eigenvalue weighted by Gasteiger charge is -1.99. The van der Waals surface area contributed by atoms with E-state index in [4.69, 9.17) is 0 Å². The molecule has 0 aliphatic rings. The number of unbranched alkanes of at least 4 members (excludes halogenated alkanes) is 3. The summed E-state index contributed by atoms with van der Waals surface area (Å²) in [5.41, 5.74) is 0. The molecule has 0 atom stereocenters. The van der Waals surface area contributed by atoms with Crippen molar-refractivity contribution in [2.45, 2.75) is 39.5 Å². The maximum absolute atomic E-state index is 3.24. The van der Waals surface area contributed by atoms with Gasteiger partial charge in [-0.15, -0.1) is 0 Å². The van der Waals surface area contributed by atoms with Crippen molar-refractivity contribution in [3.63, 3.8) is 0 Å². The van der Waals surface area contributed by atoms with E-state index in [1.807, 2.05) is 11.9 Å².